The van der Waals surface area contributed by atoms with E-state index in [9.17, 15) is 13.2 Å². The summed E-state index contributed by atoms with van der Waals surface area (Å²) in [4.78, 5) is 0. The molecular formula is C10H18F3NO. The summed E-state index contributed by atoms with van der Waals surface area (Å²) in [5.74, 6) is 0. The van der Waals surface area contributed by atoms with Gasteiger partial charge in [-0.2, -0.15) is 13.2 Å². The maximum Gasteiger partial charge on any atom is 0.390 e. The Kier molecular flexibility index (Phi) is 4.86. The van der Waals surface area contributed by atoms with E-state index in [0.717, 1.165) is 25.9 Å². The van der Waals surface area contributed by atoms with E-state index in [4.69, 9.17) is 4.74 Å². The summed E-state index contributed by atoms with van der Waals surface area (Å²) in [6, 6.07) is 0.0930. The third-order valence-corrected chi connectivity index (χ3v) is 2.54. The summed E-state index contributed by atoms with van der Waals surface area (Å²) in [6.45, 7) is 2.69. The van der Waals surface area contributed by atoms with Crippen LogP contribution in [0.2, 0.25) is 0 Å². The number of rotatable bonds is 5. The molecule has 0 saturated carbocycles. The Bertz CT molecular complexity index is 178. The van der Waals surface area contributed by atoms with E-state index >= 15 is 0 Å². The van der Waals surface area contributed by atoms with Gasteiger partial charge in [-0.3, -0.25) is 0 Å². The SMILES string of the molecule is CC(CC1CCCO1)NCCC(F)(F)F. The van der Waals surface area contributed by atoms with Crippen LogP contribution in [0.3, 0.4) is 0 Å². The highest BCUT2D eigenvalue weighted by molar-refractivity contribution is 4.72. The number of ether oxygens (including phenoxy) is 1. The minimum atomic E-state index is -4.06. The van der Waals surface area contributed by atoms with Crippen molar-refractivity contribution in [2.45, 2.75) is 50.9 Å². The molecule has 1 heterocycles. The second-order valence-electron chi connectivity index (χ2n) is 4.09. The van der Waals surface area contributed by atoms with Crippen molar-refractivity contribution in [1.29, 1.82) is 0 Å². The van der Waals surface area contributed by atoms with Gasteiger partial charge in [0.1, 0.15) is 0 Å². The van der Waals surface area contributed by atoms with Gasteiger partial charge < -0.3 is 10.1 Å². The topological polar surface area (TPSA) is 21.3 Å². The molecule has 1 aliphatic rings. The van der Waals surface area contributed by atoms with Crippen LogP contribution in [-0.4, -0.2) is 31.5 Å². The molecule has 0 amide bonds. The van der Waals surface area contributed by atoms with Crippen molar-refractivity contribution in [3.05, 3.63) is 0 Å². The normalized spacial score (nSPS) is 24.4. The number of hydrogen-bond donors (Lipinski definition) is 1. The van der Waals surface area contributed by atoms with Crippen LogP contribution in [-0.2, 0) is 4.74 Å². The second kappa shape index (κ2) is 5.70. The van der Waals surface area contributed by atoms with Gasteiger partial charge in [0.25, 0.3) is 0 Å². The third-order valence-electron chi connectivity index (χ3n) is 2.54. The van der Waals surface area contributed by atoms with Gasteiger partial charge in [-0.15, -0.1) is 0 Å². The van der Waals surface area contributed by atoms with Crippen LogP contribution in [0.4, 0.5) is 13.2 Å². The number of alkyl halides is 3. The first-order valence-corrected chi connectivity index (χ1v) is 5.39. The first-order chi connectivity index (χ1) is 6.97. The van der Waals surface area contributed by atoms with Gasteiger partial charge in [0.2, 0.25) is 0 Å². The van der Waals surface area contributed by atoms with Crippen LogP contribution >= 0.6 is 0 Å². The fraction of sp³-hybridized carbons (Fsp3) is 1.00. The van der Waals surface area contributed by atoms with Gasteiger partial charge in [0.05, 0.1) is 12.5 Å². The van der Waals surface area contributed by atoms with Crippen molar-refractivity contribution in [2.75, 3.05) is 13.2 Å². The summed E-state index contributed by atoms with van der Waals surface area (Å²) < 4.78 is 40.9. The van der Waals surface area contributed by atoms with Crippen LogP contribution in [0.1, 0.15) is 32.6 Å². The first-order valence-electron chi connectivity index (χ1n) is 5.39. The third kappa shape index (κ3) is 5.99. The molecule has 1 N–H and O–H groups in total. The van der Waals surface area contributed by atoms with Crippen molar-refractivity contribution in [2.24, 2.45) is 0 Å². The molecule has 0 aromatic carbocycles. The molecule has 2 atom stereocenters. The molecule has 1 saturated heterocycles. The van der Waals surface area contributed by atoms with E-state index in [1.54, 1.807) is 0 Å². The van der Waals surface area contributed by atoms with E-state index in [1.165, 1.54) is 0 Å². The van der Waals surface area contributed by atoms with Crippen LogP contribution in [0.15, 0.2) is 0 Å². The Morgan fingerprint density at radius 2 is 2.20 bits per heavy atom. The lowest BCUT2D eigenvalue weighted by molar-refractivity contribution is -0.133. The molecule has 0 bridgehead atoms. The maximum absolute atomic E-state index is 11.8. The largest absolute Gasteiger partial charge is 0.390 e. The average molecular weight is 225 g/mol. The van der Waals surface area contributed by atoms with Gasteiger partial charge in [-0.25, -0.2) is 0 Å². The smallest absolute Gasteiger partial charge is 0.378 e. The molecule has 0 aromatic rings. The van der Waals surface area contributed by atoms with Crippen molar-refractivity contribution < 1.29 is 17.9 Å². The number of halogens is 3. The summed E-state index contributed by atoms with van der Waals surface area (Å²) in [7, 11) is 0. The fourth-order valence-electron chi connectivity index (χ4n) is 1.77. The Balaban J connectivity index is 2.05. The van der Waals surface area contributed by atoms with Crippen molar-refractivity contribution in [1.82, 2.24) is 5.32 Å². The fourth-order valence-corrected chi connectivity index (χ4v) is 1.77. The van der Waals surface area contributed by atoms with E-state index in [2.05, 4.69) is 5.32 Å². The Hall–Kier alpha value is -0.290. The van der Waals surface area contributed by atoms with Crippen LogP contribution in [0.5, 0.6) is 0 Å². The minimum absolute atomic E-state index is 0.00259. The molecule has 1 rings (SSSR count). The summed E-state index contributed by atoms with van der Waals surface area (Å²) in [5, 5.41) is 2.87. The minimum Gasteiger partial charge on any atom is -0.378 e. The Morgan fingerprint density at radius 1 is 1.47 bits per heavy atom. The highest BCUT2D eigenvalue weighted by atomic mass is 19.4. The van der Waals surface area contributed by atoms with Gasteiger partial charge in [0, 0.05) is 19.2 Å². The van der Waals surface area contributed by atoms with Crippen molar-refractivity contribution >= 4 is 0 Å². The Morgan fingerprint density at radius 3 is 2.73 bits per heavy atom. The lowest BCUT2D eigenvalue weighted by atomic mass is 10.1. The molecule has 1 fully saturated rings. The molecule has 90 valence electrons. The standard InChI is InChI=1S/C10H18F3NO/c1-8(7-9-3-2-6-15-9)14-5-4-10(11,12)13/h8-9,14H,2-7H2,1H3. The van der Waals surface area contributed by atoms with E-state index < -0.39 is 12.6 Å². The molecule has 2 nitrogen and oxygen atoms in total. The summed E-state index contributed by atoms with van der Waals surface area (Å²) >= 11 is 0. The molecule has 15 heavy (non-hydrogen) atoms. The predicted molar refractivity (Wildman–Crippen MR) is 51.7 cm³/mol. The first kappa shape index (κ1) is 12.8. The van der Waals surface area contributed by atoms with E-state index in [1.807, 2.05) is 6.92 Å². The predicted octanol–water partition coefficient (Wildman–Crippen LogP) is 2.49. The van der Waals surface area contributed by atoms with Gasteiger partial charge in [-0.1, -0.05) is 0 Å². The molecule has 0 radical (unpaired) electrons. The number of hydrogen-bond acceptors (Lipinski definition) is 2. The highest BCUT2D eigenvalue weighted by Gasteiger charge is 2.26. The van der Waals surface area contributed by atoms with Gasteiger partial charge in [-0.05, 0) is 26.2 Å². The van der Waals surface area contributed by atoms with Gasteiger partial charge >= 0.3 is 6.18 Å². The molecule has 2 unspecified atom stereocenters. The van der Waals surface area contributed by atoms with E-state index in [-0.39, 0.29) is 18.7 Å². The lowest BCUT2D eigenvalue weighted by Gasteiger charge is -2.18. The van der Waals surface area contributed by atoms with E-state index in [0.29, 0.717) is 0 Å². The highest BCUT2D eigenvalue weighted by Crippen LogP contribution is 2.19. The van der Waals surface area contributed by atoms with Crippen LogP contribution in [0, 0.1) is 0 Å². The zero-order valence-corrected chi connectivity index (χ0v) is 8.94. The van der Waals surface area contributed by atoms with Crippen molar-refractivity contribution in [3.8, 4) is 0 Å². The lowest BCUT2D eigenvalue weighted by Crippen LogP contribution is -2.32. The zero-order valence-electron chi connectivity index (χ0n) is 8.94. The second-order valence-corrected chi connectivity index (χ2v) is 4.09. The number of nitrogens with one attached hydrogen (secondary N) is 1. The van der Waals surface area contributed by atoms with Crippen LogP contribution in [0.25, 0.3) is 0 Å². The summed E-state index contributed by atoms with van der Waals surface area (Å²) in [5.41, 5.74) is 0. The van der Waals surface area contributed by atoms with Gasteiger partial charge in [0.15, 0.2) is 0 Å². The quantitative estimate of drug-likeness (QED) is 0.776. The zero-order chi connectivity index (χ0) is 11.3. The average Bonchev–Trinajstić information content (AvgIpc) is 2.54. The van der Waals surface area contributed by atoms with Crippen molar-refractivity contribution in [3.63, 3.8) is 0 Å². The molecule has 5 heteroatoms. The summed E-state index contributed by atoms with van der Waals surface area (Å²) in [6.07, 6.45) is -1.68. The molecule has 1 aliphatic heterocycles. The molecular weight excluding hydrogens is 207 g/mol. The van der Waals surface area contributed by atoms with Crippen LogP contribution < -0.4 is 5.32 Å². The molecule has 0 aliphatic carbocycles. The monoisotopic (exact) mass is 225 g/mol. The molecule has 0 spiro atoms. The Labute approximate surface area is 88.2 Å². The molecule has 0 aromatic heterocycles. The maximum atomic E-state index is 11.8.